The van der Waals surface area contributed by atoms with E-state index in [1.807, 2.05) is 42.1 Å². The minimum absolute atomic E-state index is 0.0693. The topological polar surface area (TPSA) is 65.1 Å². The summed E-state index contributed by atoms with van der Waals surface area (Å²) in [5.41, 5.74) is 1.27. The van der Waals surface area contributed by atoms with Crippen LogP contribution in [0.25, 0.3) is 0 Å². The average Bonchev–Trinajstić information content (AvgIpc) is 3.09. The number of likely N-dealkylation sites (N-methyl/N-ethyl adjacent to an activating group) is 1. The summed E-state index contributed by atoms with van der Waals surface area (Å²) in [4.78, 5) is 32.9. The number of piperidine rings is 1. The molecule has 2 aromatic rings. The third-order valence-corrected chi connectivity index (χ3v) is 6.76. The van der Waals surface area contributed by atoms with Crippen LogP contribution in [-0.2, 0) is 21.7 Å². The van der Waals surface area contributed by atoms with Crippen LogP contribution in [0.5, 0.6) is 5.75 Å². The zero-order valence-corrected chi connectivity index (χ0v) is 20.5. The number of rotatable bonds is 6. The van der Waals surface area contributed by atoms with Crippen molar-refractivity contribution in [2.75, 3.05) is 47.2 Å². The molecule has 34 heavy (non-hydrogen) atoms. The number of methoxy groups -OCH3 is 1. The summed E-state index contributed by atoms with van der Waals surface area (Å²) >= 11 is 0. The van der Waals surface area contributed by atoms with Gasteiger partial charge in [-0.15, -0.1) is 0 Å². The van der Waals surface area contributed by atoms with Crippen LogP contribution in [0, 0.1) is 5.82 Å². The minimum atomic E-state index is -1.40. The molecule has 2 amide bonds. The molecule has 1 fully saturated rings. The summed E-state index contributed by atoms with van der Waals surface area (Å²) in [5.74, 6) is -0.279. The van der Waals surface area contributed by atoms with Crippen molar-refractivity contribution in [2.45, 2.75) is 37.4 Å². The van der Waals surface area contributed by atoms with Crippen molar-refractivity contribution in [1.82, 2.24) is 14.7 Å². The van der Waals surface area contributed by atoms with Crippen LogP contribution in [0.1, 0.15) is 36.0 Å². The van der Waals surface area contributed by atoms with Gasteiger partial charge in [-0.25, -0.2) is 4.39 Å². The van der Waals surface area contributed by atoms with Crippen molar-refractivity contribution >= 4 is 17.5 Å². The molecule has 2 atom stereocenters. The number of hydrogen-bond acceptors (Lipinski definition) is 5. The summed E-state index contributed by atoms with van der Waals surface area (Å²) in [7, 11) is 8.97. The molecule has 0 aliphatic carbocycles. The molecule has 1 saturated heterocycles. The number of nitrogens with one attached hydrogen (secondary N) is 1. The predicted molar refractivity (Wildman–Crippen MR) is 129 cm³/mol. The quantitative estimate of drug-likeness (QED) is 0.706. The largest absolute Gasteiger partial charge is 0.496 e. The Hall–Kier alpha value is -2.97. The number of likely N-dealkylation sites (tertiary alicyclic amines) is 1. The number of anilines is 1. The molecule has 2 aliphatic rings. The van der Waals surface area contributed by atoms with Crippen LogP contribution in [0.2, 0.25) is 0 Å². The predicted octanol–water partition coefficient (Wildman–Crippen LogP) is 3.03. The molecule has 182 valence electrons. The molecule has 2 aliphatic heterocycles. The van der Waals surface area contributed by atoms with E-state index >= 15 is 0 Å². The Bertz CT molecular complexity index is 1100. The Kier molecular flexibility index (Phi) is 6.64. The normalized spacial score (nSPS) is 22.4. The second-order valence-corrected chi connectivity index (χ2v) is 9.56. The van der Waals surface area contributed by atoms with Gasteiger partial charge in [-0.1, -0.05) is 12.5 Å². The second kappa shape index (κ2) is 9.35. The lowest BCUT2D eigenvalue weighted by Crippen LogP contribution is -2.61. The van der Waals surface area contributed by atoms with Crippen molar-refractivity contribution in [3.8, 4) is 5.75 Å². The molecule has 2 heterocycles. The number of ether oxygens (including phenoxy) is 1. The number of amides is 2. The highest BCUT2D eigenvalue weighted by atomic mass is 19.1. The van der Waals surface area contributed by atoms with Gasteiger partial charge in [-0.2, -0.15) is 0 Å². The van der Waals surface area contributed by atoms with Crippen LogP contribution in [-0.4, -0.2) is 74.4 Å². The van der Waals surface area contributed by atoms with E-state index in [1.165, 1.54) is 12.1 Å². The maximum Gasteiger partial charge on any atom is 0.254 e. The monoisotopic (exact) mass is 468 g/mol. The van der Waals surface area contributed by atoms with Crippen molar-refractivity contribution < 1.29 is 18.7 Å². The minimum Gasteiger partial charge on any atom is -0.496 e. The Morgan fingerprint density at radius 1 is 1.15 bits per heavy atom. The first-order valence-corrected chi connectivity index (χ1v) is 11.6. The van der Waals surface area contributed by atoms with Gasteiger partial charge in [-0.05, 0) is 62.8 Å². The van der Waals surface area contributed by atoms with E-state index in [4.69, 9.17) is 4.74 Å². The van der Waals surface area contributed by atoms with E-state index in [9.17, 15) is 14.0 Å². The highest BCUT2D eigenvalue weighted by Gasteiger charge is 2.57. The molecule has 4 rings (SSSR count). The van der Waals surface area contributed by atoms with E-state index in [0.29, 0.717) is 42.1 Å². The van der Waals surface area contributed by atoms with Crippen molar-refractivity contribution in [3.05, 3.63) is 58.9 Å². The van der Waals surface area contributed by atoms with Gasteiger partial charge in [0, 0.05) is 44.0 Å². The number of benzene rings is 2. The van der Waals surface area contributed by atoms with Gasteiger partial charge in [0.05, 0.1) is 13.2 Å². The Balaban J connectivity index is 2.03. The van der Waals surface area contributed by atoms with Crippen molar-refractivity contribution in [3.63, 3.8) is 0 Å². The van der Waals surface area contributed by atoms with Crippen LogP contribution in [0.4, 0.5) is 10.1 Å². The number of fused-ring (bicyclic) bond motifs is 1. The van der Waals surface area contributed by atoms with Crippen molar-refractivity contribution in [1.29, 1.82) is 0 Å². The van der Waals surface area contributed by atoms with Gasteiger partial charge in [0.1, 0.15) is 11.6 Å². The summed E-state index contributed by atoms with van der Waals surface area (Å²) in [6, 6.07) is 9.61. The third kappa shape index (κ3) is 3.95. The molecule has 2 aromatic carbocycles. The lowest BCUT2D eigenvalue weighted by atomic mass is 9.78. The number of hydrogen-bond donors (Lipinski definition) is 1. The van der Waals surface area contributed by atoms with Crippen LogP contribution < -0.4 is 10.1 Å². The molecule has 1 N–H and O–H groups in total. The third-order valence-electron chi connectivity index (χ3n) is 6.76. The van der Waals surface area contributed by atoms with Gasteiger partial charge in [0.15, 0.2) is 5.54 Å². The Morgan fingerprint density at radius 3 is 2.59 bits per heavy atom. The molecule has 7 nitrogen and oxygen atoms in total. The van der Waals surface area contributed by atoms with Gasteiger partial charge in [0.2, 0.25) is 5.91 Å². The lowest BCUT2D eigenvalue weighted by molar-refractivity contribution is -0.142. The van der Waals surface area contributed by atoms with Gasteiger partial charge >= 0.3 is 0 Å². The SMILES string of the molecule is COc1ccc(CN(C)C)cc1C1(N2CCCC[C@H]2C(=O)N(C)C)C(=O)Nc2ccc(F)cc21. The molecule has 0 saturated carbocycles. The average molecular weight is 469 g/mol. The zero-order chi connectivity index (χ0) is 24.6. The standard InChI is InChI=1S/C26H33FN4O3/c1-29(2)16-17-9-12-23(34-5)20(14-17)26(19-15-18(27)10-11-21(19)28-25(26)33)31-13-7-6-8-22(31)24(32)30(3)4/h9-12,14-15,22H,6-8,13,16H2,1-5H3,(H,28,33)/t22-,26?/m0/s1. The molecule has 0 bridgehead atoms. The maximum absolute atomic E-state index is 14.7. The number of carbonyl (C=O) groups is 2. The molecule has 8 heteroatoms. The first-order chi connectivity index (χ1) is 16.2. The molecule has 1 unspecified atom stereocenters. The lowest BCUT2D eigenvalue weighted by Gasteiger charge is -2.47. The smallest absolute Gasteiger partial charge is 0.254 e. The van der Waals surface area contributed by atoms with Gasteiger partial charge in [0.25, 0.3) is 5.91 Å². The highest BCUT2D eigenvalue weighted by molar-refractivity contribution is 6.09. The summed E-state index contributed by atoms with van der Waals surface area (Å²) in [6.45, 7) is 1.18. The number of carbonyl (C=O) groups excluding carboxylic acids is 2. The fraction of sp³-hybridized carbons (Fsp3) is 0.462. The van der Waals surface area contributed by atoms with E-state index in [-0.39, 0.29) is 11.8 Å². The molecular formula is C26H33FN4O3. The summed E-state index contributed by atoms with van der Waals surface area (Å²) < 4.78 is 20.4. The van der Waals surface area contributed by atoms with E-state index < -0.39 is 17.4 Å². The van der Waals surface area contributed by atoms with Crippen LogP contribution in [0.15, 0.2) is 36.4 Å². The summed E-state index contributed by atoms with van der Waals surface area (Å²) in [6.07, 6.45) is 2.33. The molecule has 0 aromatic heterocycles. The Labute approximate surface area is 200 Å². The molecular weight excluding hydrogens is 435 g/mol. The van der Waals surface area contributed by atoms with Gasteiger partial charge in [-0.3, -0.25) is 14.5 Å². The molecule has 0 radical (unpaired) electrons. The first kappa shape index (κ1) is 24.2. The molecule has 0 spiro atoms. The van der Waals surface area contributed by atoms with E-state index in [0.717, 1.165) is 18.4 Å². The fourth-order valence-corrected chi connectivity index (χ4v) is 5.36. The number of halogens is 1. The number of nitrogens with zero attached hydrogens (tertiary/aromatic N) is 3. The highest BCUT2D eigenvalue weighted by Crippen LogP contribution is 2.50. The van der Waals surface area contributed by atoms with E-state index in [1.54, 1.807) is 32.2 Å². The first-order valence-electron chi connectivity index (χ1n) is 11.6. The maximum atomic E-state index is 14.7. The van der Waals surface area contributed by atoms with Gasteiger partial charge < -0.3 is 19.9 Å². The van der Waals surface area contributed by atoms with Crippen molar-refractivity contribution in [2.24, 2.45) is 0 Å². The Morgan fingerprint density at radius 2 is 1.91 bits per heavy atom. The van der Waals surface area contributed by atoms with Crippen LogP contribution in [0.3, 0.4) is 0 Å². The van der Waals surface area contributed by atoms with Crippen LogP contribution >= 0.6 is 0 Å². The summed E-state index contributed by atoms with van der Waals surface area (Å²) in [5, 5.41) is 2.97. The fourth-order valence-electron chi connectivity index (χ4n) is 5.36. The van der Waals surface area contributed by atoms with E-state index in [2.05, 4.69) is 5.32 Å². The zero-order valence-electron chi connectivity index (χ0n) is 20.5. The second-order valence-electron chi connectivity index (χ2n) is 9.56.